The van der Waals surface area contributed by atoms with Crippen LogP contribution in [0, 0.1) is 5.41 Å². The third-order valence-corrected chi connectivity index (χ3v) is 7.98. The van der Waals surface area contributed by atoms with Gasteiger partial charge in [0.15, 0.2) is 0 Å². The van der Waals surface area contributed by atoms with Crippen LogP contribution in [-0.2, 0) is 9.47 Å². The standard InChI is InChI=1S/C30H39N7O4/c1-35-15-11-24(12-16-35)36(2)28(38)22-5-7-23(8-6-22)33-29(31)34-27-26(4-3-14-32-27)21-9-17-37(18-10-21)30(39)41-25-13-19-40-20-25/h3-9,14,24-25H,10-13,15-20H2,1-2H3,(H3,31,32,33,34). The Morgan fingerprint density at radius 2 is 1.93 bits per heavy atom. The molecule has 11 nitrogen and oxygen atoms in total. The molecule has 2 amide bonds. The van der Waals surface area contributed by atoms with Gasteiger partial charge in [-0.15, -0.1) is 0 Å². The Balaban J connectivity index is 1.20. The summed E-state index contributed by atoms with van der Waals surface area (Å²) in [7, 11) is 3.99. The van der Waals surface area contributed by atoms with Crippen LogP contribution in [0.5, 0.6) is 0 Å². The van der Waals surface area contributed by atoms with E-state index in [1.54, 1.807) is 35.4 Å². The molecule has 3 aliphatic rings. The number of piperidine rings is 1. The van der Waals surface area contributed by atoms with Gasteiger partial charge in [-0.3, -0.25) is 10.2 Å². The maximum absolute atomic E-state index is 13.0. The van der Waals surface area contributed by atoms with Crippen LogP contribution < -0.4 is 10.8 Å². The average Bonchev–Trinajstić information content (AvgIpc) is 3.50. The van der Waals surface area contributed by atoms with Gasteiger partial charge in [-0.1, -0.05) is 6.08 Å². The predicted octanol–water partition coefficient (Wildman–Crippen LogP) is 3.14. The monoisotopic (exact) mass is 561 g/mol. The van der Waals surface area contributed by atoms with E-state index in [9.17, 15) is 9.59 Å². The van der Waals surface area contributed by atoms with Crippen LogP contribution >= 0.6 is 0 Å². The Kier molecular flexibility index (Phi) is 9.15. The fourth-order valence-electron chi connectivity index (χ4n) is 5.41. The smallest absolute Gasteiger partial charge is 0.410 e. The zero-order chi connectivity index (χ0) is 28.8. The minimum atomic E-state index is -0.313. The van der Waals surface area contributed by atoms with Crippen molar-refractivity contribution in [3.8, 4) is 0 Å². The Labute approximate surface area is 240 Å². The van der Waals surface area contributed by atoms with Gasteiger partial charge in [0, 0.05) is 55.6 Å². The van der Waals surface area contributed by atoms with Crippen LogP contribution in [-0.4, -0.2) is 103 Å². The third kappa shape index (κ3) is 7.22. The number of likely N-dealkylation sites (tertiary alicyclic amines) is 1. The highest BCUT2D eigenvalue weighted by molar-refractivity contribution is 5.96. The Morgan fingerprint density at radius 3 is 2.61 bits per heavy atom. The number of hydrogen-bond acceptors (Lipinski definition) is 6. The Hall–Kier alpha value is -3.96. The molecule has 3 N–H and O–H groups in total. The lowest BCUT2D eigenvalue weighted by Crippen LogP contribution is -2.44. The number of carbonyl (C=O) groups is 2. The molecular formula is C30H39N7O4. The Bertz CT molecular complexity index is 1340. The number of aromatic amines is 1. The number of nitrogens with one attached hydrogen (secondary N) is 3. The van der Waals surface area contributed by atoms with Gasteiger partial charge in [0.2, 0.25) is 5.96 Å². The van der Waals surface area contributed by atoms with Crippen LogP contribution in [0.3, 0.4) is 0 Å². The first-order chi connectivity index (χ1) is 19.9. The van der Waals surface area contributed by atoms with E-state index in [0.29, 0.717) is 49.5 Å². The molecule has 218 valence electrons. The van der Waals surface area contributed by atoms with Gasteiger partial charge in [-0.25, -0.2) is 4.79 Å². The minimum absolute atomic E-state index is 0.00883. The summed E-state index contributed by atoms with van der Waals surface area (Å²) < 4.78 is 10.8. The lowest BCUT2D eigenvalue weighted by atomic mass is 10.0. The summed E-state index contributed by atoms with van der Waals surface area (Å²) in [6.45, 7) is 4.08. The summed E-state index contributed by atoms with van der Waals surface area (Å²) in [6, 6.07) is 11.3. The molecule has 5 rings (SSSR count). The van der Waals surface area contributed by atoms with Crippen LogP contribution in [0.2, 0.25) is 0 Å². The number of H-pyrrole nitrogens is 1. The number of pyridine rings is 1. The summed E-state index contributed by atoms with van der Waals surface area (Å²) in [5, 5.41) is 11.5. The van der Waals surface area contributed by atoms with Crippen molar-refractivity contribution >= 4 is 29.2 Å². The molecule has 0 aliphatic carbocycles. The molecule has 1 aromatic heterocycles. The highest BCUT2D eigenvalue weighted by Crippen LogP contribution is 2.21. The normalized spacial score (nSPS) is 20.4. The molecule has 0 bridgehead atoms. The molecule has 2 saturated heterocycles. The van der Waals surface area contributed by atoms with E-state index in [4.69, 9.17) is 14.9 Å². The van der Waals surface area contributed by atoms with Crippen molar-refractivity contribution in [2.24, 2.45) is 4.99 Å². The summed E-state index contributed by atoms with van der Waals surface area (Å²) in [5.41, 5.74) is 3.79. The second-order valence-electron chi connectivity index (χ2n) is 10.8. The van der Waals surface area contributed by atoms with Crippen molar-refractivity contribution in [1.82, 2.24) is 19.7 Å². The number of hydrogen-bond donors (Lipinski definition) is 3. The molecule has 4 heterocycles. The highest BCUT2D eigenvalue weighted by Gasteiger charge is 2.26. The number of benzene rings is 1. The zero-order valence-electron chi connectivity index (χ0n) is 23.8. The Morgan fingerprint density at radius 1 is 1.15 bits per heavy atom. The van der Waals surface area contributed by atoms with Gasteiger partial charge >= 0.3 is 6.09 Å². The van der Waals surface area contributed by atoms with E-state index >= 15 is 0 Å². The van der Waals surface area contributed by atoms with E-state index in [2.05, 4.69) is 27.2 Å². The lowest BCUT2D eigenvalue weighted by Gasteiger charge is -2.35. The molecule has 1 aromatic carbocycles. The number of guanidine groups is 1. The fraction of sp³-hybridized carbons (Fsp3) is 0.467. The number of anilines is 1. The zero-order valence-corrected chi connectivity index (χ0v) is 23.8. The van der Waals surface area contributed by atoms with Crippen LogP contribution in [0.1, 0.15) is 41.6 Å². The maximum Gasteiger partial charge on any atom is 0.410 e. The van der Waals surface area contributed by atoms with Crippen molar-refractivity contribution < 1.29 is 19.1 Å². The molecule has 0 saturated carbocycles. The predicted molar refractivity (Wildman–Crippen MR) is 157 cm³/mol. The third-order valence-electron chi connectivity index (χ3n) is 7.98. The molecule has 2 aromatic rings. The van der Waals surface area contributed by atoms with E-state index in [1.165, 1.54) is 0 Å². The van der Waals surface area contributed by atoms with E-state index < -0.39 is 0 Å². The molecule has 41 heavy (non-hydrogen) atoms. The summed E-state index contributed by atoms with van der Waals surface area (Å²) in [5.74, 6) is -0.0221. The summed E-state index contributed by atoms with van der Waals surface area (Å²) in [4.78, 5) is 39.0. The minimum Gasteiger partial charge on any atom is -0.444 e. The molecular weight excluding hydrogens is 522 g/mol. The average molecular weight is 562 g/mol. The molecule has 1 unspecified atom stereocenters. The van der Waals surface area contributed by atoms with Crippen molar-refractivity contribution in [2.45, 2.75) is 37.8 Å². The molecule has 0 radical (unpaired) electrons. The maximum atomic E-state index is 13.0. The van der Waals surface area contributed by atoms with Crippen molar-refractivity contribution in [3.63, 3.8) is 0 Å². The number of ether oxygens (including phenoxy) is 2. The summed E-state index contributed by atoms with van der Waals surface area (Å²) >= 11 is 0. The van der Waals surface area contributed by atoms with Gasteiger partial charge in [0.25, 0.3) is 5.91 Å². The molecule has 1 atom stereocenters. The first-order valence-electron chi connectivity index (χ1n) is 14.2. The SMILES string of the molecule is CN1CCC(N(C)C(=O)c2ccc(NC(=N)/N=c3\[nH]cccc3C3=CCN(C(=O)OC4CCOC4)CC3)cc2)CC1. The van der Waals surface area contributed by atoms with Crippen LogP contribution in [0.15, 0.2) is 53.7 Å². The van der Waals surface area contributed by atoms with Crippen molar-refractivity contribution in [3.05, 3.63) is 65.3 Å². The number of aromatic nitrogens is 1. The van der Waals surface area contributed by atoms with E-state index in [-0.39, 0.29) is 30.1 Å². The fourth-order valence-corrected chi connectivity index (χ4v) is 5.41. The number of nitrogens with zero attached hydrogens (tertiary/aromatic N) is 4. The van der Waals surface area contributed by atoms with Crippen molar-refractivity contribution in [1.29, 1.82) is 5.41 Å². The first kappa shape index (κ1) is 28.6. The van der Waals surface area contributed by atoms with Gasteiger partial charge in [-0.2, -0.15) is 4.99 Å². The van der Waals surface area contributed by atoms with Crippen LogP contribution in [0.4, 0.5) is 10.5 Å². The molecule has 3 aliphatic heterocycles. The van der Waals surface area contributed by atoms with Crippen molar-refractivity contribution in [2.75, 3.05) is 58.8 Å². The van der Waals surface area contributed by atoms with Gasteiger partial charge in [0.1, 0.15) is 11.6 Å². The molecule has 0 spiro atoms. The van der Waals surface area contributed by atoms with Gasteiger partial charge in [-0.05, 0) is 81.4 Å². The van der Waals surface area contributed by atoms with E-state index in [0.717, 1.165) is 43.5 Å². The molecule has 11 heteroatoms. The molecule has 2 fully saturated rings. The topological polar surface area (TPSA) is 126 Å². The number of amides is 2. The quantitative estimate of drug-likeness (QED) is 0.380. The first-order valence-corrected chi connectivity index (χ1v) is 14.2. The highest BCUT2D eigenvalue weighted by atomic mass is 16.6. The van der Waals surface area contributed by atoms with Gasteiger partial charge < -0.3 is 34.5 Å². The van der Waals surface area contributed by atoms with E-state index in [1.807, 2.05) is 30.2 Å². The van der Waals surface area contributed by atoms with Crippen LogP contribution in [0.25, 0.3) is 5.57 Å². The lowest BCUT2D eigenvalue weighted by molar-refractivity contribution is 0.0569. The number of rotatable bonds is 5. The number of carbonyl (C=O) groups excluding carboxylic acids is 2. The summed E-state index contributed by atoms with van der Waals surface area (Å²) in [6.07, 6.45) is 6.65. The second-order valence-corrected chi connectivity index (χ2v) is 10.8. The largest absolute Gasteiger partial charge is 0.444 e. The van der Waals surface area contributed by atoms with Gasteiger partial charge in [0.05, 0.1) is 13.2 Å². The second kappa shape index (κ2) is 13.1.